The minimum atomic E-state index is -0.553. The van der Waals surface area contributed by atoms with E-state index in [1.807, 2.05) is 31.2 Å². The number of hydrogen-bond acceptors (Lipinski definition) is 2. The summed E-state index contributed by atoms with van der Waals surface area (Å²) in [6, 6.07) is 9.56. The SMILES string of the molecule is CC(CC#N)C(O)c1ccc(Br)cc1. The normalized spacial score (nSPS) is 14.4. The van der Waals surface area contributed by atoms with Crippen LogP contribution in [0.2, 0.25) is 0 Å². The lowest BCUT2D eigenvalue weighted by atomic mass is 9.95. The number of halogens is 1. The Morgan fingerprint density at radius 3 is 2.50 bits per heavy atom. The van der Waals surface area contributed by atoms with Crippen molar-refractivity contribution in [1.29, 1.82) is 5.26 Å². The molecule has 14 heavy (non-hydrogen) atoms. The van der Waals surface area contributed by atoms with Crippen LogP contribution in [-0.4, -0.2) is 5.11 Å². The molecule has 0 spiro atoms. The van der Waals surface area contributed by atoms with Crippen molar-refractivity contribution in [3.63, 3.8) is 0 Å². The van der Waals surface area contributed by atoms with Gasteiger partial charge in [-0.15, -0.1) is 0 Å². The Balaban J connectivity index is 2.74. The Kier molecular flexibility index (Phi) is 4.12. The number of aliphatic hydroxyl groups excluding tert-OH is 1. The maximum Gasteiger partial charge on any atom is 0.0825 e. The summed E-state index contributed by atoms with van der Waals surface area (Å²) in [5.41, 5.74) is 0.857. The lowest BCUT2D eigenvalue weighted by molar-refractivity contribution is 0.120. The summed E-state index contributed by atoms with van der Waals surface area (Å²) in [6.45, 7) is 1.87. The maximum atomic E-state index is 9.84. The largest absolute Gasteiger partial charge is 0.388 e. The second kappa shape index (κ2) is 5.14. The first-order chi connectivity index (χ1) is 6.65. The number of nitrogens with zero attached hydrogens (tertiary/aromatic N) is 1. The zero-order chi connectivity index (χ0) is 10.6. The first-order valence-electron chi connectivity index (χ1n) is 4.45. The van der Waals surface area contributed by atoms with Gasteiger partial charge in [0, 0.05) is 10.9 Å². The van der Waals surface area contributed by atoms with Gasteiger partial charge in [0.05, 0.1) is 12.2 Å². The predicted molar refractivity (Wildman–Crippen MR) is 58.5 cm³/mol. The molecule has 1 aromatic rings. The molecule has 3 heteroatoms. The van der Waals surface area contributed by atoms with Crippen LogP contribution in [0, 0.1) is 17.2 Å². The molecule has 0 heterocycles. The minimum Gasteiger partial charge on any atom is -0.388 e. The van der Waals surface area contributed by atoms with Gasteiger partial charge in [-0.3, -0.25) is 0 Å². The third-order valence-electron chi connectivity index (χ3n) is 2.16. The molecule has 0 aromatic heterocycles. The van der Waals surface area contributed by atoms with Gasteiger partial charge in [-0.25, -0.2) is 0 Å². The first-order valence-corrected chi connectivity index (χ1v) is 5.25. The molecule has 0 saturated heterocycles. The number of nitriles is 1. The molecule has 0 fully saturated rings. The van der Waals surface area contributed by atoms with Gasteiger partial charge >= 0.3 is 0 Å². The predicted octanol–water partition coefficient (Wildman–Crippen LogP) is 3.03. The Labute approximate surface area is 92.3 Å². The van der Waals surface area contributed by atoms with Crippen LogP contribution < -0.4 is 0 Å². The van der Waals surface area contributed by atoms with Crippen molar-refractivity contribution in [1.82, 2.24) is 0 Å². The second-order valence-electron chi connectivity index (χ2n) is 3.34. The highest BCUT2D eigenvalue weighted by molar-refractivity contribution is 9.10. The Morgan fingerprint density at radius 2 is 2.00 bits per heavy atom. The van der Waals surface area contributed by atoms with Gasteiger partial charge < -0.3 is 5.11 Å². The quantitative estimate of drug-likeness (QED) is 0.900. The van der Waals surface area contributed by atoms with Gasteiger partial charge in [0.2, 0.25) is 0 Å². The standard InChI is InChI=1S/C11H12BrNO/c1-8(6-7-13)11(14)9-2-4-10(12)5-3-9/h2-5,8,11,14H,6H2,1H3. The van der Waals surface area contributed by atoms with Gasteiger partial charge in [-0.05, 0) is 23.6 Å². The van der Waals surface area contributed by atoms with Crippen LogP contribution in [0.25, 0.3) is 0 Å². The molecule has 0 aliphatic carbocycles. The molecule has 1 aromatic carbocycles. The van der Waals surface area contributed by atoms with E-state index in [1.165, 1.54) is 0 Å². The van der Waals surface area contributed by atoms with E-state index >= 15 is 0 Å². The third-order valence-corrected chi connectivity index (χ3v) is 2.69. The zero-order valence-corrected chi connectivity index (χ0v) is 9.53. The molecule has 2 unspecified atom stereocenters. The topological polar surface area (TPSA) is 44.0 Å². The molecule has 2 nitrogen and oxygen atoms in total. The Hall–Kier alpha value is -0.850. The molecule has 2 atom stereocenters. The van der Waals surface area contributed by atoms with Gasteiger partial charge in [-0.1, -0.05) is 35.0 Å². The van der Waals surface area contributed by atoms with Crippen molar-refractivity contribution in [2.75, 3.05) is 0 Å². The van der Waals surface area contributed by atoms with E-state index in [4.69, 9.17) is 5.26 Å². The highest BCUT2D eigenvalue weighted by Crippen LogP contribution is 2.24. The molecule has 0 amide bonds. The lowest BCUT2D eigenvalue weighted by Gasteiger charge is -2.16. The number of rotatable bonds is 3. The van der Waals surface area contributed by atoms with Crippen molar-refractivity contribution >= 4 is 15.9 Å². The Bertz CT molecular complexity index is 328. The van der Waals surface area contributed by atoms with Crippen LogP contribution >= 0.6 is 15.9 Å². The molecule has 0 saturated carbocycles. The molecule has 0 bridgehead atoms. The monoisotopic (exact) mass is 253 g/mol. The number of benzene rings is 1. The highest BCUT2D eigenvalue weighted by Gasteiger charge is 2.15. The fourth-order valence-electron chi connectivity index (χ4n) is 1.24. The molecular weight excluding hydrogens is 242 g/mol. The van der Waals surface area contributed by atoms with Gasteiger partial charge in [0.15, 0.2) is 0 Å². The van der Waals surface area contributed by atoms with E-state index in [2.05, 4.69) is 22.0 Å². The van der Waals surface area contributed by atoms with Crippen molar-refractivity contribution in [3.05, 3.63) is 34.3 Å². The zero-order valence-electron chi connectivity index (χ0n) is 7.94. The van der Waals surface area contributed by atoms with E-state index in [1.54, 1.807) is 0 Å². The van der Waals surface area contributed by atoms with E-state index in [0.717, 1.165) is 10.0 Å². The summed E-state index contributed by atoms with van der Waals surface area (Å²) in [4.78, 5) is 0. The molecule has 1 N–H and O–H groups in total. The molecule has 0 radical (unpaired) electrons. The van der Waals surface area contributed by atoms with E-state index in [9.17, 15) is 5.11 Å². The number of hydrogen-bond donors (Lipinski definition) is 1. The van der Waals surface area contributed by atoms with Crippen molar-refractivity contribution < 1.29 is 5.11 Å². The number of aliphatic hydroxyl groups is 1. The van der Waals surface area contributed by atoms with Crippen LogP contribution in [0.3, 0.4) is 0 Å². The summed E-state index contributed by atoms with van der Waals surface area (Å²) in [5, 5.41) is 18.4. The fourth-order valence-corrected chi connectivity index (χ4v) is 1.51. The Morgan fingerprint density at radius 1 is 1.43 bits per heavy atom. The van der Waals surface area contributed by atoms with Gasteiger partial charge in [-0.2, -0.15) is 5.26 Å². The van der Waals surface area contributed by atoms with E-state index in [0.29, 0.717) is 6.42 Å². The summed E-state index contributed by atoms with van der Waals surface area (Å²) < 4.78 is 0.987. The average Bonchev–Trinajstić information content (AvgIpc) is 2.18. The highest BCUT2D eigenvalue weighted by atomic mass is 79.9. The fraction of sp³-hybridized carbons (Fsp3) is 0.364. The molecule has 0 aliphatic heterocycles. The molecule has 0 aliphatic rings. The summed E-state index contributed by atoms with van der Waals surface area (Å²) in [7, 11) is 0. The maximum absolute atomic E-state index is 9.84. The van der Waals surface area contributed by atoms with Crippen molar-refractivity contribution in [3.8, 4) is 6.07 Å². The summed E-state index contributed by atoms with van der Waals surface area (Å²) >= 11 is 3.33. The molecular formula is C11H12BrNO. The smallest absolute Gasteiger partial charge is 0.0825 e. The van der Waals surface area contributed by atoms with Crippen LogP contribution in [0.1, 0.15) is 25.0 Å². The third kappa shape index (κ3) is 2.83. The van der Waals surface area contributed by atoms with E-state index in [-0.39, 0.29) is 5.92 Å². The summed E-state index contributed by atoms with van der Waals surface area (Å²) in [6.07, 6.45) is -0.181. The lowest BCUT2D eigenvalue weighted by Crippen LogP contribution is -2.08. The van der Waals surface area contributed by atoms with Gasteiger partial charge in [0.1, 0.15) is 0 Å². The summed E-state index contributed by atoms with van der Waals surface area (Å²) in [5.74, 6) is -0.0267. The van der Waals surface area contributed by atoms with Crippen LogP contribution in [0.4, 0.5) is 0 Å². The average molecular weight is 254 g/mol. The van der Waals surface area contributed by atoms with E-state index < -0.39 is 6.10 Å². The van der Waals surface area contributed by atoms with Crippen LogP contribution in [0.5, 0.6) is 0 Å². The van der Waals surface area contributed by atoms with Crippen molar-refractivity contribution in [2.24, 2.45) is 5.92 Å². The molecule has 1 rings (SSSR count). The van der Waals surface area contributed by atoms with Crippen LogP contribution in [-0.2, 0) is 0 Å². The minimum absolute atomic E-state index is 0.0267. The second-order valence-corrected chi connectivity index (χ2v) is 4.25. The first kappa shape index (κ1) is 11.2. The van der Waals surface area contributed by atoms with Crippen molar-refractivity contribution in [2.45, 2.75) is 19.4 Å². The molecule has 74 valence electrons. The van der Waals surface area contributed by atoms with Gasteiger partial charge in [0.25, 0.3) is 0 Å². The van der Waals surface area contributed by atoms with Crippen LogP contribution in [0.15, 0.2) is 28.7 Å².